The average molecular weight is 469 g/mol. The molecule has 0 bridgehead atoms. The number of hydrogen-bond donors (Lipinski definition) is 0. The van der Waals surface area contributed by atoms with E-state index in [-0.39, 0.29) is 11.5 Å². The van der Waals surface area contributed by atoms with Crippen LogP contribution in [0.4, 0.5) is 0 Å². The third-order valence-corrected chi connectivity index (χ3v) is 7.42. The van der Waals surface area contributed by atoms with Gasteiger partial charge in [-0.1, -0.05) is 78.9 Å². The summed E-state index contributed by atoms with van der Waals surface area (Å²) >= 11 is 0. The van der Waals surface area contributed by atoms with Crippen LogP contribution >= 0.6 is 0 Å². The zero-order valence-electron chi connectivity index (χ0n) is 19.0. The topological polar surface area (TPSA) is 52.6 Å². The lowest BCUT2D eigenvalue weighted by atomic mass is 9.91. The Balaban J connectivity index is 1.88. The molecule has 0 atom stereocenters. The Morgan fingerprint density at radius 1 is 0.676 bits per heavy atom. The maximum Gasteiger partial charge on any atom is 0.297 e. The molecule has 4 nitrogen and oxygen atoms in total. The summed E-state index contributed by atoms with van der Waals surface area (Å²) in [6, 6.07) is 31.5. The van der Waals surface area contributed by atoms with Crippen LogP contribution in [0.3, 0.4) is 0 Å². The molecule has 5 heteroatoms. The van der Waals surface area contributed by atoms with E-state index in [0.717, 1.165) is 38.2 Å². The summed E-state index contributed by atoms with van der Waals surface area (Å²) in [5.74, 6) is 0.601. The number of rotatable bonds is 6. The number of fused-ring (bicyclic) bond motifs is 2. The molecule has 5 aromatic rings. The number of benzene rings is 5. The van der Waals surface area contributed by atoms with Gasteiger partial charge in [0.25, 0.3) is 10.1 Å². The lowest BCUT2D eigenvalue weighted by Crippen LogP contribution is -2.08. The third-order valence-electron chi connectivity index (χ3n) is 5.99. The SMILES string of the molecule is CCOS(=O)(=O)c1ccc2ccccc2c1-c1c(OC)ccc2cc(-c3ccccc3)ccc12. The van der Waals surface area contributed by atoms with Gasteiger partial charge in [0.05, 0.1) is 13.7 Å². The Morgan fingerprint density at radius 2 is 1.38 bits per heavy atom. The number of hydrogen-bond acceptors (Lipinski definition) is 4. The number of methoxy groups -OCH3 is 1. The molecule has 0 aliphatic carbocycles. The average Bonchev–Trinajstić information content (AvgIpc) is 2.87. The van der Waals surface area contributed by atoms with Crippen molar-refractivity contribution in [2.24, 2.45) is 0 Å². The van der Waals surface area contributed by atoms with Crippen LogP contribution in [0, 0.1) is 0 Å². The van der Waals surface area contributed by atoms with E-state index in [1.54, 1.807) is 20.1 Å². The molecule has 0 aliphatic rings. The van der Waals surface area contributed by atoms with Gasteiger partial charge < -0.3 is 4.74 Å². The molecule has 5 rings (SSSR count). The van der Waals surface area contributed by atoms with Crippen molar-refractivity contribution in [3.05, 3.63) is 97.1 Å². The van der Waals surface area contributed by atoms with Crippen molar-refractivity contribution < 1.29 is 17.3 Å². The van der Waals surface area contributed by atoms with Gasteiger partial charge in [0.15, 0.2) is 0 Å². The molecule has 0 radical (unpaired) electrons. The molecule has 0 amide bonds. The minimum atomic E-state index is -3.98. The maximum absolute atomic E-state index is 13.2. The van der Waals surface area contributed by atoms with Gasteiger partial charge in [-0.25, -0.2) is 0 Å². The van der Waals surface area contributed by atoms with Gasteiger partial charge in [0.2, 0.25) is 0 Å². The van der Waals surface area contributed by atoms with Crippen LogP contribution in [0.2, 0.25) is 0 Å². The largest absolute Gasteiger partial charge is 0.496 e. The Hall–Kier alpha value is -3.67. The monoisotopic (exact) mass is 468 g/mol. The second-order valence-corrected chi connectivity index (χ2v) is 9.55. The fraction of sp³-hybridized carbons (Fsp3) is 0.103. The fourth-order valence-corrected chi connectivity index (χ4v) is 5.62. The molecule has 170 valence electrons. The van der Waals surface area contributed by atoms with E-state index in [4.69, 9.17) is 8.92 Å². The molecule has 0 saturated heterocycles. The summed E-state index contributed by atoms with van der Waals surface area (Å²) in [7, 11) is -2.38. The predicted molar refractivity (Wildman–Crippen MR) is 138 cm³/mol. The molecule has 5 aromatic carbocycles. The minimum absolute atomic E-state index is 0.0573. The van der Waals surface area contributed by atoms with Gasteiger partial charge in [-0.15, -0.1) is 0 Å². The van der Waals surface area contributed by atoms with E-state index < -0.39 is 10.1 Å². The van der Waals surface area contributed by atoms with Crippen molar-refractivity contribution in [3.8, 4) is 28.0 Å². The maximum atomic E-state index is 13.2. The van der Waals surface area contributed by atoms with Gasteiger partial charge in [-0.05, 0) is 57.8 Å². The molecule has 0 heterocycles. The molecule has 0 unspecified atom stereocenters. The first kappa shape index (κ1) is 22.1. The molecule has 0 saturated carbocycles. The Morgan fingerprint density at radius 3 is 2.15 bits per heavy atom. The standard InChI is InChI=1S/C29H24O4S/c1-3-33-34(30,31)27-18-15-21-11-7-8-12-24(21)29(27)28-25-16-13-22(20-9-5-4-6-10-20)19-23(25)14-17-26(28)32-2/h4-19H,3H2,1-2H3. The Kier molecular flexibility index (Phi) is 5.82. The fourth-order valence-electron chi connectivity index (χ4n) is 4.48. The van der Waals surface area contributed by atoms with Crippen molar-refractivity contribution in [3.63, 3.8) is 0 Å². The second-order valence-electron chi connectivity index (χ2n) is 7.97. The summed E-state index contributed by atoms with van der Waals surface area (Å²) in [5, 5.41) is 3.65. The van der Waals surface area contributed by atoms with Gasteiger partial charge in [0.1, 0.15) is 10.6 Å². The molecule has 0 aliphatic heterocycles. The van der Waals surface area contributed by atoms with Crippen molar-refractivity contribution in [2.45, 2.75) is 11.8 Å². The van der Waals surface area contributed by atoms with Gasteiger partial charge in [-0.2, -0.15) is 8.42 Å². The lowest BCUT2D eigenvalue weighted by Gasteiger charge is -2.18. The highest BCUT2D eigenvalue weighted by Gasteiger charge is 2.25. The molecule has 34 heavy (non-hydrogen) atoms. The molecule has 0 fully saturated rings. The predicted octanol–water partition coefficient (Wildman–Crippen LogP) is 7.06. The van der Waals surface area contributed by atoms with Crippen molar-refractivity contribution in [2.75, 3.05) is 13.7 Å². The summed E-state index contributed by atoms with van der Waals surface area (Å²) in [5.41, 5.74) is 3.52. The molecule has 0 N–H and O–H groups in total. The summed E-state index contributed by atoms with van der Waals surface area (Å²) in [4.78, 5) is 0.131. The highest BCUT2D eigenvalue weighted by Crippen LogP contribution is 2.44. The van der Waals surface area contributed by atoms with Crippen LogP contribution in [0.5, 0.6) is 5.75 Å². The Labute approximate surface area is 199 Å². The van der Waals surface area contributed by atoms with Crippen molar-refractivity contribution >= 4 is 31.7 Å². The number of ether oxygens (including phenoxy) is 1. The normalized spacial score (nSPS) is 11.7. The molecular formula is C29H24O4S. The summed E-state index contributed by atoms with van der Waals surface area (Å²) < 4.78 is 37.3. The van der Waals surface area contributed by atoms with E-state index >= 15 is 0 Å². The summed E-state index contributed by atoms with van der Waals surface area (Å²) in [6.07, 6.45) is 0. The molecular weight excluding hydrogens is 444 g/mol. The first-order valence-electron chi connectivity index (χ1n) is 11.1. The summed E-state index contributed by atoms with van der Waals surface area (Å²) in [6.45, 7) is 1.73. The zero-order valence-corrected chi connectivity index (χ0v) is 19.8. The van der Waals surface area contributed by atoms with Gasteiger partial charge in [0, 0.05) is 11.1 Å². The van der Waals surface area contributed by atoms with Crippen molar-refractivity contribution in [1.29, 1.82) is 0 Å². The smallest absolute Gasteiger partial charge is 0.297 e. The molecule has 0 spiro atoms. The van der Waals surface area contributed by atoms with Gasteiger partial charge >= 0.3 is 0 Å². The Bertz CT molecular complexity index is 1610. The quantitative estimate of drug-likeness (QED) is 0.250. The first-order chi connectivity index (χ1) is 16.5. The second kappa shape index (κ2) is 8.93. The van der Waals surface area contributed by atoms with E-state index in [1.807, 2.05) is 66.7 Å². The van der Waals surface area contributed by atoms with Crippen LogP contribution in [-0.4, -0.2) is 22.1 Å². The van der Waals surface area contributed by atoms with E-state index in [1.165, 1.54) is 0 Å². The van der Waals surface area contributed by atoms with Gasteiger partial charge in [-0.3, -0.25) is 4.18 Å². The van der Waals surface area contributed by atoms with Crippen LogP contribution < -0.4 is 4.74 Å². The van der Waals surface area contributed by atoms with Crippen LogP contribution in [0.25, 0.3) is 43.8 Å². The third kappa shape index (κ3) is 3.83. The van der Waals surface area contributed by atoms with E-state index in [9.17, 15) is 8.42 Å². The van der Waals surface area contributed by atoms with Crippen LogP contribution in [0.1, 0.15) is 6.92 Å². The highest BCUT2D eigenvalue weighted by atomic mass is 32.2. The van der Waals surface area contributed by atoms with E-state index in [2.05, 4.69) is 24.3 Å². The molecule has 0 aromatic heterocycles. The van der Waals surface area contributed by atoms with Crippen LogP contribution in [0.15, 0.2) is 102 Å². The van der Waals surface area contributed by atoms with Crippen LogP contribution in [-0.2, 0) is 14.3 Å². The lowest BCUT2D eigenvalue weighted by molar-refractivity contribution is 0.338. The minimum Gasteiger partial charge on any atom is -0.496 e. The zero-order chi connectivity index (χ0) is 23.7. The van der Waals surface area contributed by atoms with E-state index in [0.29, 0.717) is 11.3 Å². The first-order valence-corrected chi connectivity index (χ1v) is 12.5. The van der Waals surface area contributed by atoms with Crippen molar-refractivity contribution in [1.82, 2.24) is 0 Å². The highest BCUT2D eigenvalue weighted by molar-refractivity contribution is 7.87.